The average molecular weight is 270 g/mol. The second-order valence-corrected chi connectivity index (χ2v) is 5.40. The Morgan fingerprint density at radius 1 is 1.30 bits per heavy atom. The lowest BCUT2D eigenvalue weighted by atomic mass is 9.97. The predicted octanol–water partition coefficient (Wildman–Crippen LogP) is 3.08. The maximum absolute atomic E-state index is 6.00. The van der Waals surface area contributed by atoms with Gasteiger partial charge in [0.1, 0.15) is 6.10 Å². The van der Waals surface area contributed by atoms with Crippen LogP contribution >= 0.6 is 0 Å². The first kappa shape index (κ1) is 13.4. The third-order valence-corrected chi connectivity index (χ3v) is 4.20. The molecule has 0 fully saturated rings. The fraction of sp³-hybridized carbons (Fsp3) is 0.412. The Kier molecular flexibility index (Phi) is 3.90. The van der Waals surface area contributed by atoms with E-state index >= 15 is 0 Å². The maximum atomic E-state index is 6.00. The van der Waals surface area contributed by atoms with Crippen molar-refractivity contribution < 1.29 is 4.74 Å². The third-order valence-electron chi connectivity index (χ3n) is 4.20. The molecule has 3 nitrogen and oxygen atoms in total. The van der Waals surface area contributed by atoms with Gasteiger partial charge in [-0.15, -0.1) is 0 Å². The monoisotopic (exact) mass is 270 g/mol. The summed E-state index contributed by atoms with van der Waals surface area (Å²) in [5.74, 6) is 0. The van der Waals surface area contributed by atoms with Crippen molar-refractivity contribution in [2.75, 3.05) is 13.7 Å². The second-order valence-electron chi connectivity index (χ2n) is 5.40. The molecule has 0 spiro atoms. The van der Waals surface area contributed by atoms with Gasteiger partial charge in [0.05, 0.1) is 13.2 Å². The number of hydrogen-bond acceptors (Lipinski definition) is 2. The first-order chi connectivity index (χ1) is 9.79. The van der Waals surface area contributed by atoms with Gasteiger partial charge in [-0.3, -0.25) is 0 Å². The van der Waals surface area contributed by atoms with Gasteiger partial charge in [0.15, 0.2) is 0 Å². The third kappa shape index (κ3) is 2.51. The molecular weight excluding hydrogens is 248 g/mol. The number of benzene rings is 1. The quantitative estimate of drug-likeness (QED) is 0.924. The van der Waals surface area contributed by atoms with Crippen LogP contribution in [-0.2, 0) is 17.7 Å². The maximum Gasteiger partial charge on any atom is 0.101 e. The molecule has 0 amide bonds. The zero-order chi connectivity index (χ0) is 13.9. The number of nitrogens with one attached hydrogen (secondary N) is 1. The highest BCUT2D eigenvalue weighted by molar-refractivity contribution is 5.31. The summed E-state index contributed by atoms with van der Waals surface area (Å²) in [6, 6.07) is 13.3. The molecule has 1 aliphatic rings. The molecule has 106 valence electrons. The van der Waals surface area contributed by atoms with Crippen LogP contribution in [0.1, 0.15) is 35.9 Å². The van der Waals surface area contributed by atoms with Crippen LogP contribution in [0.15, 0.2) is 42.6 Å². The summed E-state index contributed by atoms with van der Waals surface area (Å²) >= 11 is 0. The van der Waals surface area contributed by atoms with E-state index in [1.807, 2.05) is 7.05 Å². The highest BCUT2D eigenvalue weighted by Crippen LogP contribution is 2.29. The first-order valence-corrected chi connectivity index (χ1v) is 7.31. The zero-order valence-corrected chi connectivity index (χ0v) is 12.2. The van der Waals surface area contributed by atoms with Crippen LogP contribution in [0.25, 0.3) is 0 Å². The molecule has 2 aromatic rings. The average Bonchev–Trinajstić information content (AvgIpc) is 2.95. The van der Waals surface area contributed by atoms with Crippen LogP contribution in [0.4, 0.5) is 0 Å². The molecule has 20 heavy (non-hydrogen) atoms. The Bertz CT molecular complexity index is 576. The minimum absolute atomic E-state index is 0.162. The van der Waals surface area contributed by atoms with Crippen molar-refractivity contribution in [2.24, 2.45) is 0 Å². The first-order valence-electron chi connectivity index (χ1n) is 7.31. The van der Waals surface area contributed by atoms with Crippen molar-refractivity contribution in [1.82, 2.24) is 9.88 Å². The van der Waals surface area contributed by atoms with Crippen molar-refractivity contribution in [3.8, 4) is 0 Å². The summed E-state index contributed by atoms with van der Waals surface area (Å²) in [7, 11) is 1.99. The molecule has 1 aromatic heterocycles. The number of fused-ring (bicyclic) bond motifs is 1. The van der Waals surface area contributed by atoms with Crippen LogP contribution in [0, 0.1) is 0 Å². The lowest BCUT2D eigenvalue weighted by Crippen LogP contribution is -2.23. The summed E-state index contributed by atoms with van der Waals surface area (Å²) in [4.78, 5) is 0. The summed E-state index contributed by atoms with van der Waals surface area (Å²) < 4.78 is 8.30. The van der Waals surface area contributed by atoms with Gasteiger partial charge in [-0.1, -0.05) is 24.3 Å². The van der Waals surface area contributed by atoms with E-state index in [1.54, 1.807) is 0 Å². The minimum Gasteiger partial charge on any atom is -0.371 e. The summed E-state index contributed by atoms with van der Waals surface area (Å²) in [6.07, 6.45) is 3.33. The number of ether oxygens (including phenoxy) is 1. The van der Waals surface area contributed by atoms with Gasteiger partial charge in [0, 0.05) is 17.9 Å². The Hall–Kier alpha value is -1.58. The zero-order valence-electron chi connectivity index (χ0n) is 12.2. The highest BCUT2D eigenvalue weighted by atomic mass is 16.5. The Labute approximate surface area is 120 Å². The molecule has 1 aromatic carbocycles. The van der Waals surface area contributed by atoms with E-state index in [2.05, 4.69) is 59.4 Å². The van der Waals surface area contributed by atoms with E-state index in [1.165, 1.54) is 16.8 Å². The molecule has 1 aliphatic heterocycles. The van der Waals surface area contributed by atoms with Crippen molar-refractivity contribution >= 4 is 0 Å². The van der Waals surface area contributed by atoms with Crippen molar-refractivity contribution in [1.29, 1.82) is 0 Å². The van der Waals surface area contributed by atoms with E-state index in [-0.39, 0.29) is 6.10 Å². The van der Waals surface area contributed by atoms with Gasteiger partial charge in [-0.2, -0.15) is 0 Å². The lowest BCUT2D eigenvalue weighted by molar-refractivity contribution is 0.0300. The largest absolute Gasteiger partial charge is 0.371 e. The van der Waals surface area contributed by atoms with Crippen molar-refractivity contribution in [3.05, 3.63) is 59.4 Å². The molecule has 0 saturated carbocycles. The topological polar surface area (TPSA) is 26.2 Å². The standard InChI is InChI=1S/C17H22N2O/c1-13(18-2)16-8-5-10-19(16)12-17-15-7-4-3-6-14(15)9-11-20-17/h3-8,10,13,17-18H,9,11-12H2,1-2H3. The van der Waals surface area contributed by atoms with Crippen LogP contribution < -0.4 is 5.32 Å². The van der Waals surface area contributed by atoms with Gasteiger partial charge >= 0.3 is 0 Å². The predicted molar refractivity (Wildman–Crippen MR) is 80.7 cm³/mol. The van der Waals surface area contributed by atoms with Crippen LogP contribution in [-0.4, -0.2) is 18.2 Å². The van der Waals surface area contributed by atoms with Crippen molar-refractivity contribution in [3.63, 3.8) is 0 Å². The molecule has 0 bridgehead atoms. The van der Waals surface area contributed by atoms with E-state index in [0.717, 1.165) is 19.6 Å². The van der Waals surface area contributed by atoms with Gasteiger partial charge in [0.2, 0.25) is 0 Å². The molecule has 3 rings (SSSR count). The van der Waals surface area contributed by atoms with Crippen LogP contribution in [0.3, 0.4) is 0 Å². The van der Waals surface area contributed by atoms with Crippen LogP contribution in [0.2, 0.25) is 0 Å². The van der Waals surface area contributed by atoms with Crippen molar-refractivity contribution in [2.45, 2.75) is 32.0 Å². The molecule has 2 heterocycles. The second kappa shape index (κ2) is 5.81. The van der Waals surface area contributed by atoms with E-state index in [4.69, 9.17) is 4.74 Å². The Morgan fingerprint density at radius 2 is 2.15 bits per heavy atom. The lowest BCUT2D eigenvalue weighted by Gasteiger charge is -2.27. The van der Waals surface area contributed by atoms with Gasteiger partial charge in [-0.05, 0) is 43.7 Å². The minimum atomic E-state index is 0.162. The highest BCUT2D eigenvalue weighted by Gasteiger charge is 2.21. The van der Waals surface area contributed by atoms with E-state index < -0.39 is 0 Å². The summed E-state index contributed by atoms with van der Waals surface area (Å²) in [5.41, 5.74) is 4.08. The van der Waals surface area contributed by atoms with Gasteiger partial charge < -0.3 is 14.6 Å². The molecule has 0 radical (unpaired) electrons. The fourth-order valence-electron chi connectivity index (χ4n) is 2.94. The van der Waals surface area contributed by atoms with E-state index in [0.29, 0.717) is 6.04 Å². The molecule has 1 N–H and O–H groups in total. The summed E-state index contributed by atoms with van der Waals surface area (Å²) in [5, 5.41) is 3.30. The van der Waals surface area contributed by atoms with Crippen LogP contribution in [0.5, 0.6) is 0 Å². The van der Waals surface area contributed by atoms with Gasteiger partial charge in [-0.25, -0.2) is 0 Å². The van der Waals surface area contributed by atoms with E-state index in [9.17, 15) is 0 Å². The molecular formula is C17H22N2O. The molecule has 3 heteroatoms. The Balaban J connectivity index is 1.84. The van der Waals surface area contributed by atoms with Gasteiger partial charge in [0.25, 0.3) is 0 Å². The molecule has 0 aliphatic carbocycles. The number of aromatic nitrogens is 1. The molecule has 2 atom stereocenters. The Morgan fingerprint density at radius 3 is 3.00 bits per heavy atom. The normalized spacial score (nSPS) is 19.6. The number of hydrogen-bond donors (Lipinski definition) is 1. The molecule has 2 unspecified atom stereocenters. The number of nitrogens with zero attached hydrogens (tertiary/aromatic N) is 1. The summed E-state index contributed by atoms with van der Waals surface area (Å²) in [6.45, 7) is 3.88. The fourth-order valence-corrected chi connectivity index (χ4v) is 2.94. The number of rotatable bonds is 4. The molecule has 0 saturated heterocycles. The smallest absolute Gasteiger partial charge is 0.101 e. The SMILES string of the molecule is CNC(C)c1cccn1CC1OCCc2ccccc21.